The Bertz CT molecular complexity index is 902. The Morgan fingerprint density at radius 3 is 2.48 bits per heavy atom. The lowest BCUT2D eigenvalue weighted by atomic mass is 9.92. The Morgan fingerprint density at radius 1 is 1.19 bits per heavy atom. The Labute approximate surface area is 161 Å². The van der Waals surface area contributed by atoms with Crippen LogP contribution in [0.25, 0.3) is 11.2 Å². The van der Waals surface area contributed by atoms with E-state index in [2.05, 4.69) is 19.9 Å². The average Bonchev–Trinajstić information content (AvgIpc) is 3.19. The third-order valence-electron chi connectivity index (χ3n) is 4.68. The van der Waals surface area contributed by atoms with E-state index < -0.39 is 18.3 Å². The van der Waals surface area contributed by atoms with Gasteiger partial charge in [-0.1, -0.05) is 23.7 Å². The van der Waals surface area contributed by atoms with Gasteiger partial charge in [-0.05, 0) is 37.5 Å². The predicted octanol–water partition coefficient (Wildman–Crippen LogP) is 1.75. The van der Waals surface area contributed by atoms with E-state index in [4.69, 9.17) is 17.3 Å². The van der Waals surface area contributed by atoms with Gasteiger partial charge in [-0.3, -0.25) is 0 Å². The summed E-state index contributed by atoms with van der Waals surface area (Å²) in [7, 11) is 0. The van der Waals surface area contributed by atoms with Crippen molar-refractivity contribution in [3.63, 3.8) is 0 Å². The fourth-order valence-corrected chi connectivity index (χ4v) is 3.33. The summed E-state index contributed by atoms with van der Waals surface area (Å²) in [5.41, 5.74) is 7.61. The number of aliphatic hydroxyl groups excluding tert-OH is 3. The van der Waals surface area contributed by atoms with Crippen LogP contribution in [0.2, 0.25) is 5.02 Å². The van der Waals surface area contributed by atoms with E-state index >= 15 is 0 Å². The molecule has 2 aromatic heterocycles. The lowest BCUT2D eigenvalue weighted by Gasteiger charge is -2.22. The van der Waals surface area contributed by atoms with Crippen molar-refractivity contribution in [1.29, 1.82) is 0 Å². The molecule has 8 nitrogen and oxygen atoms in total. The molecule has 3 aromatic rings. The number of halogens is 1. The van der Waals surface area contributed by atoms with Gasteiger partial charge in [-0.25, -0.2) is 15.0 Å². The molecule has 2 heterocycles. The Morgan fingerprint density at radius 2 is 1.89 bits per heavy atom. The van der Waals surface area contributed by atoms with Crippen LogP contribution in [0.3, 0.4) is 0 Å². The molecule has 0 radical (unpaired) electrons. The summed E-state index contributed by atoms with van der Waals surface area (Å²) in [6.45, 7) is 1.85. The topological polar surface area (TPSA) is 141 Å². The second-order valence-corrected chi connectivity index (χ2v) is 7.01. The summed E-state index contributed by atoms with van der Waals surface area (Å²) >= 11 is 5.76. The SMILES string of the molecule is Cc1nc2ncnc(N)c2[nH]1.OC1CCC(C(O)c2ccc(Cl)cc2)C1O. The van der Waals surface area contributed by atoms with Crippen molar-refractivity contribution in [2.45, 2.75) is 38.1 Å². The number of nitrogens with two attached hydrogens (primary N) is 1. The van der Waals surface area contributed by atoms with Gasteiger partial charge in [0.25, 0.3) is 0 Å². The van der Waals surface area contributed by atoms with Gasteiger partial charge < -0.3 is 26.0 Å². The van der Waals surface area contributed by atoms with E-state index in [1.165, 1.54) is 6.33 Å². The van der Waals surface area contributed by atoms with Crippen LogP contribution in [-0.2, 0) is 0 Å². The van der Waals surface area contributed by atoms with Crippen molar-refractivity contribution < 1.29 is 15.3 Å². The van der Waals surface area contributed by atoms with Gasteiger partial charge in [0.2, 0.25) is 0 Å². The molecule has 4 unspecified atom stereocenters. The van der Waals surface area contributed by atoms with Gasteiger partial charge in [0.05, 0.1) is 18.3 Å². The van der Waals surface area contributed by atoms with Gasteiger partial charge >= 0.3 is 0 Å². The minimum atomic E-state index is -0.842. The zero-order valence-corrected chi connectivity index (χ0v) is 15.5. The van der Waals surface area contributed by atoms with Crippen LogP contribution in [0.1, 0.15) is 30.3 Å². The minimum Gasteiger partial charge on any atom is -0.390 e. The van der Waals surface area contributed by atoms with E-state index in [9.17, 15) is 15.3 Å². The Balaban J connectivity index is 0.000000166. The molecule has 1 fully saturated rings. The fourth-order valence-electron chi connectivity index (χ4n) is 3.20. The van der Waals surface area contributed by atoms with Gasteiger partial charge in [0.15, 0.2) is 11.5 Å². The maximum atomic E-state index is 10.1. The molecule has 0 spiro atoms. The van der Waals surface area contributed by atoms with Crippen molar-refractivity contribution in [1.82, 2.24) is 19.9 Å². The van der Waals surface area contributed by atoms with E-state index in [1.807, 2.05) is 6.92 Å². The summed E-state index contributed by atoms with van der Waals surface area (Å²) in [6.07, 6.45) is 0.266. The van der Waals surface area contributed by atoms with E-state index in [1.54, 1.807) is 24.3 Å². The van der Waals surface area contributed by atoms with Crippen LogP contribution in [0.15, 0.2) is 30.6 Å². The lowest BCUT2D eigenvalue weighted by molar-refractivity contribution is -0.0210. The molecule has 144 valence electrons. The lowest BCUT2D eigenvalue weighted by Crippen LogP contribution is -2.28. The summed E-state index contributed by atoms with van der Waals surface area (Å²) in [6, 6.07) is 6.89. The molecule has 27 heavy (non-hydrogen) atoms. The first-order valence-corrected chi connectivity index (χ1v) is 8.97. The molecule has 6 N–H and O–H groups in total. The normalized spacial score (nSPS) is 23.1. The van der Waals surface area contributed by atoms with E-state index in [0.29, 0.717) is 34.8 Å². The van der Waals surface area contributed by atoms with Gasteiger partial charge in [0.1, 0.15) is 17.7 Å². The van der Waals surface area contributed by atoms with Crippen molar-refractivity contribution in [2.75, 3.05) is 5.73 Å². The zero-order valence-electron chi connectivity index (χ0n) is 14.7. The maximum Gasteiger partial charge on any atom is 0.183 e. The fraction of sp³-hybridized carbons (Fsp3) is 0.389. The van der Waals surface area contributed by atoms with Gasteiger partial charge in [0, 0.05) is 10.9 Å². The van der Waals surface area contributed by atoms with Crippen LogP contribution in [0, 0.1) is 12.8 Å². The van der Waals surface area contributed by atoms with Crippen molar-refractivity contribution in [3.8, 4) is 0 Å². The van der Waals surface area contributed by atoms with Crippen LogP contribution >= 0.6 is 11.6 Å². The smallest absolute Gasteiger partial charge is 0.183 e. The Hall–Kier alpha value is -2.26. The maximum absolute atomic E-state index is 10.1. The standard InChI is InChI=1S/C12H15ClO3.C6H7N5/c13-8-3-1-7(2-4-8)11(15)9-5-6-10(14)12(9)16;1-3-10-4-5(7)8-2-9-6(4)11-3/h1-4,9-12,14-16H,5-6H2;2H,1H3,(H3,7,8,9,10,11). The number of benzene rings is 1. The number of imidazole rings is 1. The third-order valence-corrected chi connectivity index (χ3v) is 4.93. The molecular weight excluding hydrogens is 370 g/mol. The number of aryl methyl sites for hydroxylation is 1. The predicted molar refractivity (Wildman–Crippen MR) is 102 cm³/mol. The molecule has 9 heteroatoms. The molecule has 1 aromatic carbocycles. The van der Waals surface area contributed by atoms with Gasteiger partial charge in [-0.2, -0.15) is 0 Å². The van der Waals surface area contributed by atoms with Crippen molar-refractivity contribution in [3.05, 3.63) is 47.0 Å². The van der Waals surface area contributed by atoms with E-state index in [0.717, 1.165) is 11.4 Å². The number of aliphatic hydroxyl groups is 3. The molecule has 0 bridgehead atoms. The van der Waals surface area contributed by atoms with Crippen LogP contribution in [0.4, 0.5) is 5.82 Å². The number of hydrogen-bond donors (Lipinski definition) is 5. The molecule has 1 aliphatic rings. The second kappa shape index (κ2) is 8.18. The number of rotatable bonds is 2. The monoisotopic (exact) mass is 391 g/mol. The largest absolute Gasteiger partial charge is 0.390 e. The third kappa shape index (κ3) is 4.36. The number of aromatic amines is 1. The minimum absolute atomic E-state index is 0.295. The molecular formula is C18H22ClN5O3. The summed E-state index contributed by atoms with van der Waals surface area (Å²) in [4.78, 5) is 14.8. The molecule has 1 aliphatic carbocycles. The molecule has 4 atom stereocenters. The van der Waals surface area contributed by atoms with Gasteiger partial charge in [-0.15, -0.1) is 0 Å². The quantitative estimate of drug-likeness (QED) is 0.448. The Kier molecular flexibility index (Phi) is 5.91. The summed E-state index contributed by atoms with van der Waals surface area (Å²) < 4.78 is 0. The number of nitrogens with zero attached hydrogens (tertiary/aromatic N) is 3. The molecule has 0 saturated heterocycles. The number of fused-ring (bicyclic) bond motifs is 1. The van der Waals surface area contributed by atoms with Crippen molar-refractivity contribution >= 4 is 28.6 Å². The van der Waals surface area contributed by atoms with Crippen molar-refractivity contribution in [2.24, 2.45) is 5.92 Å². The average molecular weight is 392 g/mol. The number of anilines is 1. The molecule has 0 amide bonds. The zero-order chi connectivity index (χ0) is 19.6. The number of nitrogens with one attached hydrogen (secondary N) is 1. The summed E-state index contributed by atoms with van der Waals surface area (Å²) in [5, 5.41) is 29.8. The highest BCUT2D eigenvalue weighted by Crippen LogP contribution is 2.36. The summed E-state index contributed by atoms with van der Waals surface area (Å²) in [5.74, 6) is 0.943. The first-order chi connectivity index (χ1) is 12.9. The second-order valence-electron chi connectivity index (χ2n) is 6.58. The first kappa shape index (κ1) is 19.5. The number of aromatic nitrogens is 4. The molecule has 4 rings (SSSR count). The molecule has 1 saturated carbocycles. The first-order valence-electron chi connectivity index (χ1n) is 8.59. The van der Waals surface area contributed by atoms with Crippen LogP contribution < -0.4 is 5.73 Å². The number of nitrogen functional groups attached to an aromatic ring is 1. The highest BCUT2D eigenvalue weighted by molar-refractivity contribution is 6.30. The number of hydrogen-bond acceptors (Lipinski definition) is 7. The van der Waals surface area contributed by atoms with Crippen LogP contribution in [-0.4, -0.2) is 47.5 Å². The molecule has 0 aliphatic heterocycles. The highest BCUT2D eigenvalue weighted by atomic mass is 35.5. The highest BCUT2D eigenvalue weighted by Gasteiger charge is 2.38. The number of H-pyrrole nitrogens is 1. The van der Waals surface area contributed by atoms with E-state index in [-0.39, 0.29) is 5.92 Å². The van der Waals surface area contributed by atoms with Crippen LogP contribution in [0.5, 0.6) is 0 Å².